The number of Topliss-reactive ketones (excluding diaryl/α,β-unsaturated/α-hetero) is 1. The predicted octanol–water partition coefficient (Wildman–Crippen LogP) is 2.93. The zero-order valence-corrected chi connectivity index (χ0v) is 12.3. The highest BCUT2D eigenvalue weighted by Gasteiger charge is 2.01. The summed E-state index contributed by atoms with van der Waals surface area (Å²) >= 11 is 0. The number of carbonyl (C=O) groups excluding carboxylic acids is 1. The molecule has 0 saturated heterocycles. The van der Waals surface area contributed by atoms with Gasteiger partial charge in [-0.2, -0.15) is 0 Å². The van der Waals surface area contributed by atoms with Crippen molar-refractivity contribution < 1.29 is 9.53 Å². The molecule has 1 aromatic carbocycles. The first-order chi connectivity index (χ1) is 9.15. The van der Waals surface area contributed by atoms with Crippen LogP contribution in [0.5, 0.6) is 5.75 Å². The smallest absolute Gasteiger partial charge is 0.130 e. The van der Waals surface area contributed by atoms with Crippen LogP contribution in [-0.2, 0) is 11.2 Å². The summed E-state index contributed by atoms with van der Waals surface area (Å²) < 4.78 is 5.71. The first-order valence-corrected chi connectivity index (χ1v) is 7.09. The molecule has 0 bridgehead atoms. The fraction of sp³-hybridized carbons (Fsp3) is 0.562. The Labute approximate surface area is 116 Å². The molecule has 0 amide bonds. The molecule has 3 nitrogen and oxygen atoms in total. The number of likely N-dealkylation sites (N-methyl/N-ethyl adjacent to an activating group) is 1. The van der Waals surface area contributed by atoms with Gasteiger partial charge in [0.25, 0.3) is 0 Å². The van der Waals surface area contributed by atoms with E-state index in [4.69, 9.17) is 4.74 Å². The quantitative estimate of drug-likeness (QED) is 0.686. The van der Waals surface area contributed by atoms with Crippen LogP contribution in [0.2, 0.25) is 0 Å². The van der Waals surface area contributed by atoms with Gasteiger partial charge in [-0.1, -0.05) is 26.0 Å². The van der Waals surface area contributed by atoms with Crippen LogP contribution in [0.15, 0.2) is 24.3 Å². The molecular weight excluding hydrogens is 238 g/mol. The first kappa shape index (κ1) is 15.7. The van der Waals surface area contributed by atoms with E-state index in [9.17, 15) is 4.79 Å². The van der Waals surface area contributed by atoms with E-state index in [0.717, 1.165) is 31.8 Å². The Morgan fingerprint density at radius 3 is 2.32 bits per heavy atom. The van der Waals surface area contributed by atoms with Crippen molar-refractivity contribution in [2.45, 2.75) is 33.6 Å². The molecule has 1 rings (SSSR count). The average Bonchev–Trinajstić information content (AvgIpc) is 2.42. The Bertz CT molecular complexity index is 369. The van der Waals surface area contributed by atoms with E-state index in [1.165, 1.54) is 5.56 Å². The molecule has 0 saturated carbocycles. The second kappa shape index (κ2) is 8.70. The molecule has 0 atom stereocenters. The largest absolute Gasteiger partial charge is 0.492 e. The Balaban J connectivity index is 2.33. The lowest BCUT2D eigenvalue weighted by Crippen LogP contribution is -2.27. The van der Waals surface area contributed by atoms with Crippen molar-refractivity contribution >= 4 is 5.78 Å². The van der Waals surface area contributed by atoms with Crippen molar-refractivity contribution in [2.24, 2.45) is 0 Å². The van der Waals surface area contributed by atoms with Crippen LogP contribution < -0.4 is 4.74 Å². The standard InChI is InChI=1S/C16H25NO2/c1-4-17(5-2)12-13-19-16-10-8-15(9-11-16)7-6-14(3)18/h8-11H,4-7,12-13H2,1-3H3. The third-order valence-electron chi connectivity index (χ3n) is 3.26. The third kappa shape index (κ3) is 6.39. The Morgan fingerprint density at radius 1 is 1.16 bits per heavy atom. The van der Waals surface area contributed by atoms with Crippen molar-refractivity contribution in [1.82, 2.24) is 4.90 Å². The molecule has 0 spiro atoms. The summed E-state index contributed by atoms with van der Waals surface area (Å²) in [5.74, 6) is 1.14. The first-order valence-electron chi connectivity index (χ1n) is 7.09. The van der Waals surface area contributed by atoms with Gasteiger partial charge in [0.1, 0.15) is 18.1 Å². The highest BCUT2D eigenvalue weighted by atomic mass is 16.5. The van der Waals surface area contributed by atoms with Crippen molar-refractivity contribution in [1.29, 1.82) is 0 Å². The van der Waals surface area contributed by atoms with Crippen LogP contribution in [-0.4, -0.2) is 36.9 Å². The molecule has 0 aliphatic rings. The third-order valence-corrected chi connectivity index (χ3v) is 3.26. The van der Waals surface area contributed by atoms with Crippen LogP contribution in [0.4, 0.5) is 0 Å². The van der Waals surface area contributed by atoms with E-state index in [2.05, 4.69) is 18.7 Å². The molecule has 0 radical (unpaired) electrons. The van der Waals surface area contributed by atoms with Gasteiger partial charge in [0.2, 0.25) is 0 Å². The molecule has 0 aliphatic carbocycles. The molecule has 0 aromatic heterocycles. The SMILES string of the molecule is CCN(CC)CCOc1ccc(CCC(C)=O)cc1. The lowest BCUT2D eigenvalue weighted by atomic mass is 10.1. The van der Waals surface area contributed by atoms with Gasteiger partial charge < -0.3 is 14.4 Å². The summed E-state index contributed by atoms with van der Waals surface area (Å²) in [5, 5.41) is 0. The van der Waals surface area contributed by atoms with Crippen molar-refractivity contribution in [2.75, 3.05) is 26.2 Å². The maximum absolute atomic E-state index is 10.9. The minimum atomic E-state index is 0.236. The molecule has 3 heteroatoms. The zero-order valence-electron chi connectivity index (χ0n) is 12.3. The summed E-state index contributed by atoms with van der Waals surface area (Å²) in [5.41, 5.74) is 1.19. The normalized spacial score (nSPS) is 10.7. The minimum Gasteiger partial charge on any atom is -0.492 e. The molecule has 0 N–H and O–H groups in total. The predicted molar refractivity (Wildman–Crippen MR) is 78.7 cm³/mol. The van der Waals surface area contributed by atoms with Gasteiger partial charge >= 0.3 is 0 Å². The van der Waals surface area contributed by atoms with E-state index in [-0.39, 0.29) is 5.78 Å². The molecule has 0 aliphatic heterocycles. The number of hydrogen-bond acceptors (Lipinski definition) is 3. The maximum Gasteiger partial charge on any atom is 0.130 e. The van der Waals surface area contributed by atoms with Gasteiger partial charge in [0.05, 0.1) is 0 Å². The van der Waals surface area contributed by atoms with Crippen molar-refractivity contribution in [3.05, 3.63) is 29.8 Å². The highest BCUT2D eigenvalue weighted by Crippen LogP contribution is 2.13. The summed E-state index contributed by atoms with van der Waals surface area (Å²) in [6, 6.07) is 8.04. The van der Waals surface area contributed by atoms with Crippen LogP contribution >= 0.6 is 0 Å². The van der Waals surface area contributed by atoms with Crippen LogP contribution in [0.1, 0.15) is 32.8 Å². The van der Waals surface area contributed by atoms with Gasteiger partial charge in [-0.15, -0.1) is 0 Å². The monoisotopic (exact) mass is 263 g/mol. The van der Waals surface area contributed by atoms with E-state index in [1.54, 1.807) is 6.92 Å². The van der Waals surface area contributed by atoms with Crippen LogP contribution in [0.3, 0.4) is 0 Å². The highest BCUT2D eigenvalue weighted by molar-refractivity contribution is 5.75. The number of benzene rings is 1. The number of ether oxygens (including phenoxy) is 1. The summed E-state index contributed by atoms with van der Waals surface area (Å²) in [6.45, 7) is 9.74. The Hall–Kier alpha value is -1.35. The lowest BCUT2D eigenvalue weighted by molar-refractivity contribution is -0.116. The van der Waals surface area contributed by atoms with E-state index in [0.29, 0.717) is 13.0 Å². The van der Waals surface area contributed by atoms with E-state index < -0.39 is 0 Å². The molecule has 1 aromatic rings. The number of carbonyl (C=O) groups is 1. The topological polar surface area (TPSA) is 29.5 Å². The van der Waals surface area contributed by atoms with Gasteiger partial charge in [-0.3, -0.25) is 0 Å². The minimum absolute atomic E-state index is 0.236. The summed E-state index contributed by atoms with van der Waals surface area (Å²) in [6.07, 6.45) is 1.43. The lowest BCUT2D eigenvalue weighted by Gasteiger charge is -2.18. The van der Waals surface area contributed by atoms with E-state index in [1.807, 2.05) is 24.3 Å². The average molecular weight is 263 g/mol. The molecular formula is C16H25NO2. The Kier molecular flexibility index (Phi) is 7.19. The fourth-order valence-corrected chi connectivity index (χ4v) is 1.91. The molecule has 0 fully saturated rings. The van der Waals surface area contributed by atoms with Gasteiger partial charge in [0, 0.05) is 13.0 Å². The zero-order chi connectivity index (χ0) is 14.1. The molecule has 106 valence electrons. The van der Waals surface area contributed by atoms with Gasteiger partial charge in [-0.25, -0.2) is 0 Å². The number of aryl methyl sites for hydroxylation is 1. The number of nitrogens with zero attached hydrogens (tertiary/aromatic N) is 1. The Morgan fingerprint density at radius 2 is 1.79 bits per heavy atom. The maximum atomic E-state index is 10.9. The number of hydrogen-bond donors (Lipinski definition) is 0. The van der Waals surface area contributed by atoms with Gasteiger partial charge in [0.15, 0.2) is 0 Å². The van der Waals surface area contributed by atoms with Crippen molar-refractivity contribution in [3.63, 3.8) is 0 Å². The van der Waals surface area contributed by atoms with Crippen LogP contribution in [0.25, 0.3) is 0 Å². The number of ketones is 1. The fourth-order valence-electron chi connectivity index (χ4n) is 1.91. The van der Waals surface area contributed by atoms with Crippen molar-refractivity contribution in [3.8, 4) is 5.75 Å². The molecule has 19 heavy (non-hydrogen) atoms. The summed E-state index contributed by atoms with van der Waals surface area (Å²) in [7, 11) is 0. The van der Waals surface area contributed by atoms with Crippen LogP contribution in [0, 0.1) is 0 Å². The molecule has 0 unspecified atom stereocenters. The molecule has 0 heterocycles. The summed E-state index contributed by atoms with van der Waals surface area (Å²) in [4.78, 5) is 13.3. The number of rotatable bonds is 9. The van der Waals surface area contributed by atoms with E-state index >= 15 is 0 Å². The second-order valence-electron chi connectivity index (χ2n) is 4.72. The second-order valence-corrected chi connectivity index (χ2v) is 4.72. The van der Waals surface area contributed by atoms with Gasteiger partial charge in [-0.05, 0) is 44.1 Å².